The highest BCUT2D eigenvalue weighted by molar-refractivity contribution is 5.97. The van der Waals surface area contributed by atoms with Gasteiger partial charge in [0.05, 0.1) is 7.11 Å². The molecule has 0 saturated carbocycles. The zero-order valence-corrected chi connectivity index (χ0v) is 15.6. The molecule has 3 nitrogen and oxygen atoms in total. The van der Waals surface area contributed by atoms with E-state index in [0.717, 1.165) is 34.6 Å². The minimum atomic E-state index is 0.192. The van der Waals surface area contributed by atoms with E-state index >= 15 is 0 Å². The van der Waals surface area contributed by atoms with E-state index in [-0.39, 0.29) is 5.92 Å². The van der Waals surface area contributed by atoms with Gasteiger partial charge in [-0.25, -0.2) is 0 Å². The fourth-order valence-corrected chi connectivity index (χ4v) is 3.14. The summed E-state index contributed by atoms with van der Waals surface area (Å²) in [6.07, 6.45) is 4.69. The van der Waals surface area contributed by atoms with Crippen LogP contribution in [-0.2, 0) is 4.74 Å². The fraction of sp³-hybridized carbons (Fsp3) is 0.217. The molecule has 0 N–H and O–H groups in total. The second-order valence-corrected chi connectivity index (χ2v) is 6.48. The summed E-state index contributed by atoms with van der Waals surface area (Å²) in [5.74, 6) is 2.73. The third kappa shape index (κ3) is 3.67. The van der Waals surface area contributed by atoms with Gasteiger partial charge in [0.1, 0.15) is 11.5 Å². The number of benzene rings is 2. The first kappa shape index (κ1) is 17.9. The van der Waals surface area contributed by atoms with Gasteiger partial charge < -0.3 is 14.1 Å². The normalized spacial score (nSPS) is 12.8. The van der Waals surface area contributed by atoms with Crippen molar-refractivity contribution in [3.63, 3.8) is 0 Å². The minimum absolute atomic E-state index is 0.192. The van der Waals surface area contributed by atoms with E-state index in [9.17, 15) is 0 Å². The summed E-state index contributed by atoms with van der Waals surface area (Å²) in [7, 11) is 5.67. The van der Waals surface area contributed by atoms with Gasteiger partial charge in [0.25, 0.3) is 0 Å². The Bertz CT molecular complexity index is 906. The van der Waals surface area contributed by atoms with Crippen LogP contribution >= 0.6 is 0 Å². The van der Waals surface area contributed by atoms with Crippen LogP contribution in [0, 0.1) is 0 Å². The molecule has 3 heteroatoms. The average Bonchev–Trinajstić information content (AvgIpc) is 3.04. The predicted octanol–water partition coefficient (Wildman–Crippen LogP) is 5.85. The maximum atomic E-state index is 6.12. The fourth-order valence-electron chi connectivity index (χ4n) is 3.14. The summed E-state index contributed by atoms with van der Waals surface area (Å²) in [6.45, 7) is 4.00. The van der Waals surface area contributed by atoms with Crippen LogP contribution in [0.1, 0.15) is 23.7 Å². The number of nitrogens with zero attached hydrogens (tertiary/aromatic N) is 1. The van der Waals surface area contributed by atoms with E-state index in [2.05, 4.69) is 30.8 Å². The Hall–Kier alpha value is -2.94. The summed E-state index contributed by atoms with van der Waals surface area (Å²) in [5, 5.41) is 2.18. The molecule has 0 bridgehead atoms. The van der Waals surface area contributed by atoms with Gasteiger partial charge in [0, 0.05) is 43.3 Å². The number of hydrogen-bond donors (Lipinski definition) is 0. The Morgan fingerprint density at radius 2 is 1.73 bits per heavy atom. The molecule has 0 aliphatic carbocycles. The Labute approximate surface area is 155 Å². The third-order valence-corrected chi connectivity index (χ3v) is 4.52. The number of furan rings is 1. The van der Waals surface area contributed by atoms with Crippen molar-refractivity contribution in [1.29, 1.82) is 0 Å². The average molecular weight is 347 g/mol. The van der Waals surface area contributed by atoms with Gasteiger partial charge in [-0.15, -0.1) is 6.58 Å². The standard InChI is InChI=1S/C23H25NO2/c1-5-17(18-11-7-6-8-12-18)15-19(25-4)16-22-20-13-9-10-14-21(20)23(26-22)24(2)3/h5-14,16-17H,1,15H2,2-4H3/b19-16+. The highest BCUT2D eigenvalue weighted by Crippen LogP contribution is 2.34. The van der Waals surface area contributed by atoms with E-state index in [1.165, 1.54) is 5.56 Å². The van der Waals surface area contributed by atoms with Crippen LogP contribution < -0.4 is 4.90 Å². The second kappa shape index (κ2) is 7.96. The summed E-state index contributed by atoms with van der Waals surface area (Å²) < 4.78 is 11.8. The van der Waals surface area contributed by atoms with E-state index in [1.54, 1.807) is 7.11 Å². The molecular weight excluding hydrogens is 322 g/mol. The number of hydrogen-bond acceptors (Lipinski definition) is 3. The summed E-state index contributed by atoms with van der Waals surface area (Å²) in [6, 6.07) is 18.6. The summed E-state index contributed by atoms with van der Waals surface area (Å²) in [4.78, 5) is 1.99. The lowest BCUT2D eigenvalue weighted by atomic mass is 9.94. The molecular formula is C23H25NO2. The first-order valence-electron chi connectivity index (χ1n) is 8.75. The van der Waals surface area contributed by atoms with Gasteiger partial charge in [-0.1, -0.05) is 54.6 Å². The molecule has 1 aromatic heterocycles. The third-order valence-electron chi connectivity index (χ3n) is 4.52. The second-order valence-electron chi connectivity index (χ2n) is 6.48. The monoisotopic (exact) mass is 347 g/mol. The van der Waals surface area contributed by atoms with Crippen molar-refractivity contribution in [3.05, 3.63) is 84.3 Å². The van der Waals surface area contributed by atoms with E-state index in [4.69, 9.17) is 9.15 Å². The maximum absolute atomic E-state index is 6.12. The lowest BCUT2D eigenvalue weighted by Crippen LogP contribution is -2.07. The van der Waals surface area contributed by atoms with Crippen LogP contribution in [0.2, 0.25) is 0 Å². The zero-order valence-electron chi connectivity index (χ0n) is 15.6. The largest absolute Gasteiger partial charge is 0.501 e. The molecule has 2 aromatic carbocycles. The molecule has 1 atom stereocenters. The van der Waals surface area contributed by atoms with Crippen LogP contribution in [-0.4, -0.2) is 21.2 Å². The van der Waals surface area contributed by atoms with Crippen LogP contribution in [0.15, 0.2) is 77.4 Å². The van der Waals surface area contributed by atoms with Gasteiger partial charge in [-0.2, -0.15) is 0 Å². The zero-order chi connectivity index (χ0) is 18.5. The minimum Gasteiger partial charge on any atom is -0.501 e. The molecule has 0 aliphatic heterocycles. The van der Waals surface area contributed by atoms with Gasteiger partial charge >= 0.3 is 0 Å². The molecule has 26 heavy (non-hydrogen) atoms. The SMILES string of the molecule is C=CC(C/C(=C\c1oc(N(C)C)c2ccccc12)OC)c1ccccc1. The van der Waals surface area contributed by atoms with Gasteiger partial charge in [0.15, 0.2) is 0 Å². The van der Waals surface area contributed by atoms with Crippen molar-refractivity contribution in [2.75, 3.05) is 26.1 Å². The number of methoxy groups -OCH3 is 1. The van der Waals surface area contributed by atoms with Gasteiger partial charge in [-0.05, 0) is 11.6 Å². The molecule has 1 unspecified atom stereocenters. The van der Waals surface area contributed by atoms with Crippen molar-refractivity contribution < 1.29 is 9.15 Å². The van der Waals surface area contributed by atoms with E-state index in [1.807, 2.05) is 61.5 Å². The highest BCUT2D eigenvalue weighted by atomic mass is 16.5. The quantitative estimate of drug-likeness (QED) is 0.396. The summed E-state index contributed by atoms with van der Waals surface area (Å²) >= 11 is 0. The first-order valence-corrected chi connectivity index (χ1v) is 8.75. The van der Waals surface area contributed by atoms with E-state index in [0.29, 0.717) is 0 Å². The lowest BCUT2D eigenvalue weighted by molar-refractivity contribution is 0.277. The highest BCUT2D eigenvalue weighted by Gasteiger charge is 2.15. The lowest BCUT2D eigenvalue weighted by Gasteiger charge is -2.14. The topological polar surface area (TPSA) is 25.6 Å². The van der Waals surface area contributed by atoms with Crippen LogP contribution in [0.3, 0.4) is 0 Å². The van der Waals surface area contributed by atoms with Crippen LogP contribution in [0.4, 0.5) is 5.88 Å². The maximum Gasteiger partial charge on any atom is 0.203 e. The Morgan fingerprint density at radius 1 is 1.08 bits per heavy atom. The summed E-state index contributed by atoms with van der Waals surface area (Å²) in [5.41, 5.74) is 1.23. The molecule has 0 spiro atoms. The molecule has 1 heterocycles. The van der Waals surface area contributed by atoms with Gasteiger partial charge in [-0.3, -0.25) is 0 Å². The predicted molar refractivity (Wildman–Crippen MR) is 110 cm³/mol. The van der Waals surface area contributed by atoms with Crippen LogP contribution in [0.25, 0.3) is 16.8 Å². The molecule has 0 amide bonds. The Morgan fingerprint density at radius 3 is 2.35 bits per heavy atom. The molecule has 0 radical (unpaired) electrons. The van der Waals surface area contributed by atoms with Crippen molar-refractivity contribution in [2.45, 2.75) is 12.3 Å². The molecule has 134 valence electrons. The molecule has 0 fully saturated rings. The van der Waals surface area contributed by atoms with Crippen molar-refractivity contribution in [1.82, 2.24) is 0 Å². The molecule has 3 rings (SSSR count). The van der Waals surface area contributed by atoms with E-state index < -0.39 is 0 Å². The number of anilines is 1. The molecule has 0 saturated heterocycles. The number of allylic oxidation sites excluding steroid dienone is 2. The molecule has 3 aromatic rings. The van der Waals surface area contributed by atoms with Crippen molar-refractivity contribution >= 4 is 22.7 Å². The van der Waals surface area contributed by atoms with Crippen molar-refractivity contribution in [3.8, 4) is 0 Å². The Kier molecular flexibility index (Phi) is 5.47. The molecule has 0 aliphatic rings. The van der Waals surface area contributed by atoms with Crippen LogP contribution in [0.5, 0.6) is 0 Å². The smallest absolute Gasteiger partial charge is 0.203 e. The first-order chi connectivity index (χ1) is 12.6. The van der Waals surface area contributed by atoms with Gasteiger partial charge in [0.2, 0.25) is 5.88 Å². The Balaban J connectivity index is 1.97. The number of rotatable bonds is 7. The number of fused-ring (bicyclic) bond motifs is 1. The van der Waals surface area contributed by atoms with Crippen molar-refractivity contribution in [2.24, 2.45) is 0 Å². The number of ether oxygens (including phenoxy) is 1.